The molecule has 1 saturated heterocycles. The van der Waals surface area contributed by atoms with E-state index in [1.807, 2.05) is 42.6 Å². The lowest BCUT2D eigenvalue weighted by molar-refractivity contribution is -0.158. The minimum absolute atomic E-state index is 0.0291. The Balaban J connectivity index is 1.94. The molecule has 0 aliphatic carbocycles. The van der Waals surface area contributed by atoms with Crippen LogP contribution in [0.15, 0.2) is 30.3 Å². The topological polar surface area (TPSA) is 102 Å². The molecule has 1 fully saturated rings. The Labute approximate surface area is 151 Å². The summed E-state index contributed by atoms with van der Waals surface area (Å²) in [5.74, 6) is -2.23. The Morgan fingerprint density at radius 3 is 2.46 bits per heavy atom. The monoisotopic (exact) mass is 362 g/mol. The standard InChI is InChI=1S/C18H22N2O6/c1-11(13-7-5-4-6-8-13)20-10-14(9-15(20)21)17(23)26-12(2)16(22)19-18(24)25-3/h4-8,11-12,14H,9-10H2,1-3H3,(H,19,22,24)/t11-,12+,14+/m1/s1. The van der Waals surface area contributed by atoms with E-state index >= 15 is 0 Å². The van der Waals surface area contributed by atoms with E-state index in [9.17, 15) is 19.2 Å². The van der Waals surface area contributed by atoms with Crippen LogP contribution in [-0.2, 0) is 23.9 Å². The Kier molecular flexibility index (Phi) is 6.32. The van der Waals surface area contributed by atoms with Gasteiger partial charge in [-0.3, -0.25) is 19.7 Å². The Morgan fingerprint density at radius 1 is 1.19 bits per heavy atom. The van der Waals surface area contributed by atoms with Gasteiger partial charge in [0.1, 0.15) is 0 Å². The molecule has 140 valence electrons. The zero-order valence-corrected chi connectivity index (χ0v) is 14.9. The van der Waals surface area contributed by atoms with Crippen LogP contribution >= 0.6 is 0 Å². The van der Waals surface area contributed by atoms with Gasteiger partial charge in [-0.15, -0.1) is 0 Å². The third kappa shape index (κ3) is 4.59. The normalized spacial score (nSPS) is 18.8. The van der Waals surface area contributed by atoms with Gasteiger partial charge in [0.15, 0.2) is 6.10 Å². The summed E-state index contributed by atoms with van der Waals surface area (Å²) in [7, 11) is 1.12. The maximum atomic E-state index is 12.3. The molecule has 1 aliphatic rings. The van der Waals surface area contributed by atoms with Crippen molar-refractivity contribution in [3.63, 3.8) is 0 Å². The summed E-state index contributed by atoms with van der Waals surface area (Å²) in [6.45, 7) is 3.46. The summed E-state index contributed by atoms with van der Waals surface area (Å²) in [6, 6.07) is 9.34. The van der Waals surface area contributed by atoms with Crippen molar-refractivity contribution in [3.8, 4) is 0 Å². The summed E-state index contributed by atoms with van der Waals surface area (Å²) < 4.78 is 9.40. The molecule has 3 atom stereocenters. The smallest absolute Gasteiger partial charge is 0.413 e. The molecule has 0 aromatic heterocycles. The van der Waals surface area contributed by atoms with Crippen molar-refractivity contribution < 1.29 is 28.7 Å². The second kappa shape index (κ2) is 8.46. The molecular weight excluding hydrogens is 340 g/mol. The highest BCUT2D eigenvalue weighted by molar-refractivity contribution is 5.95. The van der Waals surface area contributed by atoms with Crippen molar-refractivity contribution in [3.05, 3.63) is 35.9 Å². The van der Waals surface area contributed by atoms with Gasteiger partial charge in [0.25, 0.3) is 5.91 Å². The molecule has 0 bridgehead atoms. The molecule has 1 aromatic rings. The van der Waals surface area contributed by atoms with Gasteiger partial charge in [-0.05, 0) is 19.4 Å². The van der Waals surface area contributed by atoms with E-state index in [0.29, 0.717) is 0 Å². The summed E-state index contributed by atoms with van der Waals surface area (Å²) >= 11 is 0. The first-order valence-corrected chi connectivity index (χ1v) is 8.27. The number of nitrogens with one attached hydrogen (secondary N) is 1. The summed E-state index contributed by atoms with van der Waals surface area (Å²) in [6.07, 6.45) is -2.07. The molecule has 0 radical (unpaired) electrons. The van der Waals surface area contributed by atoms with Crippen molar-refractivity contribution in [2.24, 2.45) is 5.92 Å². The van der Waals surface area contributed by atoms with Gasteiger partial charge in [0.05, 0.1) is 19.1 Å². The number of methoxy groups -OCH3 is 1. The Morgan fingerprint density at radius 2 is 1.85 bits per heavy atom. The molecule has 0 unspecified atom stereocenters. The second-order valence-electron chi connectivity index (χ2n) is 6.09. The predicted octanol–water partition coefficient (Wildman–Crippen LogP) is 1.41. The number of ether oxygens (including phenoxy) is 2. The maximum absolute atomic E-state index is 12.3. The van der Waals surface area contributed by atoms with Crippen LogP contribution in [-0.4, -0.2) is 48.5 Å². The van der Waals surface area contributed by atoms with Gasteiger partial charge in [-0.25, -0.2) is 4.79 Å². The number of alkyl carbamates (subject to hydrolysis) is 1. The molecule has 1 aliphatic heterocycles. The van der Waals surface area contributed by atoms with Crippen molar-refractivity contribution in [1.29, 1.82) is 0 Å². The van der Waals surface area contributed by atoms with Crippen LogP contribution in [0.25, 0.3) is 0 Å². The van der Waals surface area contributed by atoms with Crippen LogP contribution in [0.2, 0.25) is 0 Å². The molecule has 8 nitrogen and oxygen atoms in total. The molecule has 0 saturated carbocycles. The van der Waals surface area contributed by atoms with Crippen LogP contribution in [0, 0.1) is 5.92 Å². The highest BCUT2D eigenvalue weighted by Gasteiger charge is 2.38. The largest absolute Gasteiger partial charge is 0.453 e. The second-order valence-corrected chi connectivity index (χ2v) is 6.09. The first-order chi connectivity index (χ1) is 12.3. The van der Waals surface area contributed by atoms with E-state index in [1.165, 1.54) is 6.92 Å². The lowest BCUT2D eigenvalue weighted by Gasteiger charge is -2.25. The van der Waals surface area contributed by atoms with E-state index in [0.717, 1.165) is 12.7 Å². The zero-order valence-electron chi connectivity index (χ0n) is 14.9. The maximum Gasteiger partial charge on any atom is 0.413 e. The quantitative estimate of drug-likeness (QED) is 0.795. The lowest BCUT2D eigenvalue weighted by Crippen LogP contribution is -2.40. The summed E-state index contributed by atoms with van der Waals surface area (Å²) in [4.78, 5) is 48.9. The van der Waals surface area contributed by atoms with E-state index in [-0.39, 0.29) is 24.9 Å². The first kappa shape index (κ1) is 19.4. The molecule has 2 rings (SSSR count). The van der Waals surface area contributed by atoms with Crippen molar-refractivity contribution in [2.45, 2.75) is 32.4 Å². The van der Waals surface area contributed by atoms with E-state index in [4.69, 9.17) is 4.74 Å². The fourth-order valence-electron chi connectivity index (χ4n) is 2.75. The van der Waals surface area contributed by atoms with Gasteiger partial charge in [0.2, 0.25) is 5.91 Å². The molecule has 1 N–H and O–H groups in total. The van der Waals surface area contributed by atoms with Crippen molar-refractivity contribution in [2.75, 3.05) is 13.7 Å². The highest BCUT2D eigenvalue weighted by Crippen LogP contribution is 2.29. The molecule has 1 aromatic carbocycles. The zero-order chi connectivity index (χ0) is 19.3. The van der Waals surface area contributed by atoms with Crippen molar-refractivity contribution in [1.82, 2.24) is 10.2 Å². The number of imide groups is 1. The number of amides is 3. The molecule has 8 heteroatoms. The van der Waals surface area contributed by atoms with E-state index in [2.05, 4.69) is 4.74 Å². The molecule has 3 amide bonds. The number of hydrogen-bond acceptors (Lipinski definition) is 6. The fraction of sp³-hybridized carbons (Fsp3) is 0.444. The van der Waals surface area contributed by atoms with Gasteiger partial charge in [0, 0.05) is 13.0 Å². The number of nitrogens with zero attached hydrogens (tertiary/aromatic N) is 1. The molecule has 26 heavy (non-hydrogen) atoms. The van der Waals surface area contributed by atoms with Crippen LogP contribution in [0.1, 0.15) is 31.9 Å². The van der Waals surface area contributed by atoms with Gasteiger partial charge in [-0.1, -0.05) is 30.3 Å². The molecule has 0 spiro atoms. The molecule has 1 heterocycles. The lowest BCUT2D eigenvalue weighted by atomic mass is 10.1. The average Bonchev–Trinajstić information content (AvgIpc) is 3.03. The summed E-state index contributed by atoms with van der Waals surface area (Å²) in [5, 5.41) is 1.93. The minimum Gasteiger partial charge on any atom is -0.453 e. The summed E-state index contributed by atoms with van der Waals surface area (Å²) in [5.41, 5.74) is 0.973. The minimum atomic E-state index is -1.17. The molecular formula is C18H22N2O6. The number of benzene rings is 1. The predicted molar refractivity (Wildman–Crippen MR) is 90.8 cm³/mol. The van der Waals surface area contributed by atoms with Crippen molar-refractivity contribution >= 4 is 23.9 Å². The number of hydrogen-bond donors (Lipinski definition) is 1. The van der Waals surface area contributed by atoms with Crippen LogP contribution in [0.3, 0.4) is 0 Å². The average molecular weight is 362 g/mol. The Bertz CT molecular complexity index is 690. The van der Waals surface area contributed by atoms with Crippen LogP contribution in [0.4, 0.5) is 4.79 Å². The number of carbonyl (C=O) groups is 4. The van der Waals surface area contributed by atoms with Gasteiger partial charge in [-0.2, -0.15) is 0 Å². The Hall–Kier alpha value is -2.90. The third-order valence-corrected chi connectivity index (χ3v) is 4.31. The number of carbonyl (C=O) groups excluding carboxylic acids is 4. The number of esters is 1. The van der Waals surface area contributed by atoms with Gasteiger partial charge < -0.3 is 14.4 Å². The SMILES string of the molecule is COC(=O)NC(=O)[C@H](C)OC(=O)[C@H]1CC(=O)N([C@H](C)c2ccccc2)C1. The van der Waals surface area contributed by atoms with Crippen LogP contribution < -0.4 is 5.32 Å². The van der Waals surface area contributed by atoms with Crippen LogP contribution in [0.5, 0.6) is 0 Å². The number of likely N-dealkylation sites (tertiary alicyclic amines) is 1. The van der Waals surface area contributed by atoms with E-state index < -0.39 is 30.0 Å². The van der Waals surface area contributed by atoms with E-state index in [1.54, 1.807) is 4.90 Å². The fourth-order valence-corrected chi connectivity index (χ4v) is 2.75. The first-order valence-electron chi connectivity index (χ1n) is 8.27. The third-order valence-electron chi connectivity index (χ3n) is 4.31. The highest BCUT2D eigenvalue weighted by atomic mass is 16.6. The number of rotatable bonds is 5. The van der Waals surface area contributed by atoms with Gasteiger partial charge >= 0.3 is 12.1 Å².